The van der Waals surface area contributed by atoms with Gasteiger partial charge in [-0.3, -0.25) is 9.59 Å². The molecule has 5 atom stereocenters. The van der Waals surface area contributed by atoms with Crippen molar-refractivity contribution in [3.63, 3.8) is 0 Å². The van der Waals surface area contributed by atoms with Crippen LogP contribution in [0.3, 0.4) is 0 Å². The lowest BCUT2D eigenvalue weighted by Crippen LogP contribution is -2.35. The molecule has 2 fully saturated rings. The lowest BCUT2D eigenvalue weighted by Gasteiger charge is -2.29. The van der Waals surface area contributed by atoms with E-state index in [2.05, 4.69) is 18.2 Å². The third-order valence-corrected chi connectivity index (χ3v) is 8.60. The van der Waals surface area contributed by atoms with Crippen LogP contribution < -0.4 is 0 Å². The zero-order valence-electron chi connectivity index (χ0n) is 20.4. The van der Waals surface area contributed by atoms with Crippen molar-refractivity contribution in [1.29, 1.82) is 0 Å². The van der Waals surface area contributed by atoms with E-state index in [9.17, 15) is 9.59 Å². The highest BCUT2D eigenvalue weighted by Gasteiger charge is 2.45. The summed E-state index contributed by atoms with van der Waals surface area (Å²) in [4.78, 5) is 26.3. The van der Waals surface area contributed by atoms with Gasteiger partial charge in [-0.15, -0.1) is 0 Å². The lowest BCUT2D eigenvalue weighted by molar-refractivity contribution is -0.157. The van der Waals surface area contributed by atoms with Crippen LogP contribution in [0.25, 0.3) is 6.08 Å². The van der Waals surface area contributed by atoms with Gasteiger partial charge in [-0.2, -0.15) is 5.10 Å². The molecule has 3 aliphatic carbocycles. The minimum Gasteiger partial charge on any atom is -0.455 e. The van der Waals surface area contributed by atoms with Gasteiger partial charge in [0.15, 0.2) is 6.61 Å². The van der Waals surface area contributed by atoms with Crippen LogP contribution in [0.4, 0.5) is 0 Å². The molecule has 0 saturated heterocycles. The molecule has 0 N–H and O–H groups in total. The van der Waals surface area contributed by atoms with Gasteiger partial charge >= 0.3 is 5.97 Å². The topological polar surface area (TPSA) is 59.0 Å². The second-order valence-corrected chi connectivity index (χ2v) is 11.3. The molecule has 2 aromatic rings. The Labute approximate surface area is 226 Å². The number of nitrogens with zero attached hydrogens (tertiary/aromatic N) is 2. The molecule has 37 heavy (non-hydrogen) atoms. The smallest absolute Gasteiger partial charge is 0.310 e. The van der Waals surface area contributed by atoms with Gasteiger partial charge in [0.25, 0.3) is 5.91 Å². The highest BCUT2D eigenvalue weighted by Crippen LogP contribution is 2.45. The molecular weight excluding hydrogens is 507 g/mol. The third kappa shape index (κ3) is 4.87. The first-order valence-corrected chi connectivity index (χ1v) is 13.7. The Balaban J connectivity index is 1.26. The maximum Gasteiger partial charge on any atom is 0.310 e. The molecule has 7 heteroatoms. The number of fused-ring (bicyclic) bond motifs is 3. The Bertz CT molecular complexity index is 1300. The maximum atomic E-state index is 13.5. The second kappa shape index (κ2) is 10.1. The lowest BCUT2D eigenvalue weighted by atomic mass is 9.77. The number of allylic oxidation sites excluding steroid dienone is 3. The fraction of sp³-hybridized carbons (Fsp3) is 0.367. The van der Waals surface area contributed by atoms with E-state index in [4.69, 9.17) is 33.0 Å². The van der Waals surface area contributed by atoms with Crippen LogP contribution in [-0.4, -0.2) is 29.2 Å². The number of carbonyl (C=O) groups is 2. The van der Waals surface area contributed by atoms with Crippen molar-refractivity contribution < 1.29 is 14.3 Å². The molecule has 0 radical (unpaired) electrons. The number of halogens is 2. The summed E-state index contributed by atoms with van der Waals surface area (Å²) in [5, 5.41) is 7.74. The molecule has 1 amide bonds. The number of rotatable bonds is 5. The minimum absolute atomic E-state index is 0.0591. The van der Waals surface area contributed by atoms with Crippen LogP contribution in [0.5, 0.6) is 0 Å². The fourth-order valence-electron chi connectivity index (χ4n) is 6.32. The first-order chi connectivity index (χ1) is 18.0. The molecular formula is C30H28Cl2N2O3. The van der Waals surface area contributed by atoms with Gasteiger partial charge in [-0.25, -0.2) is 5.01 Å². The third-order valence-electron chi connectivity index (χ3n) is 8.10. The molecule has 6 rings (SSSR count). The van der Waals surface area contributed by atoms with Gasteiger partial charge in [-0.1, -0.05) is 59.6 Å². The van der Waals surface area contributed by atoms with Crippen LogP contribution in [-0.2, 0) is 14.3 Å². The van der Waals surface area contributed by atoms with E-state index in [-0.39, 0.29) is 42.3 Å². The number of carbonyl (C=O) groups excluding carboxylic acids is 2. The Morgan fingerprint density at radius 2 is 1.73 bits per heavy atom. The summed E-state index contributed by atoms with van der Waals surface area (Å²) >= 11 is 12.2. The first kappa shape index (κ1) is 24.4. The van der Waals surface area contributed by atoms with Crippen LogP contribution in [0.2, 0.25) is 10.0 Å². The van der Waals surface area contributed by atoms with Crippen molar-refractivity contribution in [2.24, 2.45) is 28.8 Å². The molecule has 190 valence electrons. The van der Waals surface area contributed by atoms with Gasteiger partial charge in [0.1, 0.15) is 0 Å². The number of hydrogen-bond acceptors (Lipinski definition) is 4. The molecule has 5 unspecified atom stereocenters. The number of ether oxygens (including phenoxy) is 1. The largest absolute Gasteiger partial charge is 0.455 e. The van der Waals surface area contributed by atoms with Crippen molar-refractivity contribution in [2.75, 3.05) is 6.61 Å². The maximum absolute atomic E-state index is 13.5. The summed E-state index contributed by atoms with van der Waals surface area (Å²) in [5.74, 6) is 0.0389. The van der Waals surface area contributed by atoms with Crippen molar-refractivity contribution >= 4 is 46.9 Å². The number of esters is 1. The summed E-state index contributed by atoms with van der Waals surface area (Å²) in [6.45, 7) is -0.305. The van der Waals surface area contributed by atoms with E-state index in [0.29, 0.717) is 16.0 Å². The van der Waals surface area contributed by atoms with Crippen LogP contribution in [0.15, 0.2) is 71.4 Å². The van der Waals surface area contributed by atoms with E-state index in [1.807, 2.05) is 48.5 Å². The first-order valence-electron chi connectivity index (χ1n) is 12.9. The van der Waals surface area contributed by atoms with Gasteiger partial charge < -0.3 is 4.74 Å². The Hall–Kier alpha value is -2.89. The SMILES string of the molecule is O=C(OCC(=O)N1N=C2/C(=C\c3ccc(Cl)cc3)CCCC2C1c1ccc(Cl)cc1)C1CC2C=CC1C2. The molecule has 0 aromatic heterocycles. The number of hydrazone groups is 1. The monoisotopic (exact) mass is 534 g/mol. The van der Waals surface area contributed by atoms with Gasteiger partial charge in [0.2, 0.25) is 0 Å². The molecule has 2 saturated carbocycles. The predicted octanol–water partition coefficient (Wildman–Crippen LogP) is 6.87. The van der Waals surface area contributed by atoms with E-state index >= 15 is 0 Å². The standard InChI is InChI=1S/C30H28Cl2N2O3/c31-23-10-5-18(6-11-23)14-22-2-1-3-25-28(22)33-34(29(25)20-8-12-24(32)13-9-20)27(35)17-37-30(36)26-16-19-4-7-21(26)15-19/h4-14,19,21,25-26,29H,1-3,15-17H2/b22-14-. The normalized spacial score (nSPS) is 28.9. The molecule has 0 spiro atoms. The average Bonchev–Trinajstić information content (AvgIpc) is 3.64. The van der Waals surface area contributed by atoms with Crippen LogP contribution in [0, 0.1) is 23.7 Å². The van der Waals surface area contributed by atoms with E-state index in [1.165, 1.54) is 5.01 Å². The molecule has 5 nitrogen and oxygen atoms in total. The number of amides is 1. The molecule has 2 aromatic carbocycles. The molecule has 1 aliphatic heterocycles. The fourth-order valence-corrected chi connectivity index (χ4v) is 6.57. The van der Waals surface area contributed by atoms with Gasteiger partial charge in [0, 0.05) is 16.0 Å². The molecule has 2 bridgehead atoms. The quantitative estimate of drug-likeness (QED) is 0.310. The summed E-state index contributed by atoms with van der Waals surface area (Å²) in [6, 6.07) is 15.0. The van der Waals surface area contributed by atoms with E-state index < -0.39 is 0 Å². The minimum atomic E-state index is -0.306. The van der Waals surface area contributed by atoms with Gasteiger partial charge in [0.05, 0.1) is 17.7 Å². The van der Waals surface area contributed by atoms with Crippen LogP contribution in [0.1, 0.15) is 49.3 Å². The van der Waals surface area contributed by atoms with Gasteiger partial charge in [-0.05, 0) is 91.0 Å². The van der Waals surface area contributed by atoms with Crippen LogP contribution >= 0.6 is 23.2 Å². The number of benzene rings is 2. The van der Waals surface area contributed by atoms with Crippen molar-refractivity contribution in [2.45, 2.75) is 38.1 Å². The van der Waals surface area contributed by atoms with E-state index in [1.54, 1.807) is 0 Å². The molecule has 4 aliphatic rings. The zero-order valence-corrected chi connectivity index (χ0v) is 21.9. The average molecular weight is 535 g/mol. The van der Waals surface area contributed by atoms with Crippen molar-refractivity contribution in [1.82, 2.24) is 5.01 Å². The summed E-state index contributed by atoms with van der Waals surface area (Å²) in [5.41, 5.74) is 4.07. The summed E-state index contributed by atoms with van der Waals surface area (Å²) in [6.07, 6.45) is 11.1. The van der Waals surface area contributed by atoms with E-state index in [0.717, 1.165) is 54.5 Å². The second-order valence-electron chi connectivity index (χ2n) is 10.4. The highest BCUT2D eigenvalue weighted by atomic mass is 35.5. The predicted molar refractivity (Wildman–Crippen MR) is 145 cm³/mol. The Kier molecular flexibility index (Phi) is 6.68. The van der Waals surface area contributed by atoms with Crippen molar-refractivity contribution in [3.8, 4) is 0 Å². The Morgan fingerprint density at radius 3 is 2.41 bits per heavy atom. The highest BCUT2D eigenvalue weighted by molar-refractivity contribution is 6.30. The number of hydrogen-bond donors (Lipinski definition) is 0. The summed E-state index contributed by atoms with van der Waals surface area (Å²) < 4.78 is 5.56. The zero-order chi connectivity index (χ0) is 25.5. The van der Waals surface area contributed by atoms with Crippen molar-refractivity contribution in [3.05, 3.63) is 87.4 Å². The molecule has 1 heterocycles. The Morgan fingerprint density at radius 1 is 1.00 bits per heavy atom. The summed E-state index contributed by atoms with van der Waals surface area (Å²) in [7, 11) is 0.